The van der Waals surface area contributed by atoms with Gasteiger partial charge < -0.3 is 19.3 Å². The highest BCUT2D eigenvalue weighted by Gasteiger charge is 2.10. The Morgan fingerprint density at radius 3 is 1.83 bits per heavy atom. The highest BCUT2D eigenvalue weighted by atomic mass is 16.5. The van der Waals surface area contributed by atoms with Crippen LogP contribution in [0.2, 0.25) is 0 Å². The van der Waals surface area contributed by atoms with Crippen molar-refractivity contribution in [1.29, 1.82) is 0 Å². The van der Waals surface area contributed by atoms with Crippen molar-refractivity contribution < 1.29 is 19.3 Å². The van der Waals surface area contributed by atoms with E-state index < -0.39 is 0 Å². The van der Waals surface area contributed by atoms with Gasteiger partial charge in [0.05, 0.1) is 44.2 Å². The van der Waals surface area contributed by atoms with Gasteiger partial charge in [-0.3, -0.25) is 0 Å². The molecule has 0 aliphatic heterocycles. The Hall–Kier alpha value is -0.160. The highest BCUT2D eigenvalue weighted by Crippen LogP contribution is 2.09. The monoisotopic (exact) mass is 262 g/mol. The SMILES string of the molecule is CC(CCC(C)OCCOC(C)(C)C)OCCO. The summed E-state index contributed by atoms with van der Waals surface area (Å²) in [4.78, 5) is 0. The maximum absolute atomic E-state index is 8.64. The normalized spacial score (nSPS) is 15.7. The molecule has 2 atom stereocenters. The molecule has 2 unspecified atom stereocenters. The molecule has 0 saturated carbocycles. The molecule has 0 aliphatic carbocycles. The average Bonchev–Trinajstić information content (AvgIpc) is 2.28. The van der Waals surface area contributed by atoms with Crippen LogP contribution < -0.4 is 0 Å². The minimum absolute atomic E-state index is 0.0839. The minimum Gasteiger partial charge on any atom is -0.394 e. The first-order chi connectivity index (χ1) is 8.35. The maximum atomic E-state index is 8.64. The van der Waals surface area contributed by atoms with E-state index >= 15 is 0 Å². The van der Waals surface area contributed by atoms with Crippen molar-refractivity contribution in [1.82, 2.24) is 0 Å². The van der Waals surface area contributed by atoms with E-state index in [1.165, 1.54) is 0 Å². The molecule has 0 aromatic rings. The molecule has 0 rings (SSSR count). The molecule has 0 aromatic carbocycles. The van der Waals surface area contributed by atoms with Crippen molar-refractivity contribution >= 4 is 0 Å². The van der Waals surface area contributed by atoms with Crippen molar-refractivity contribution in [2.45, 2.75) is 65.3 Å². The molecule has 110 valence electrons. The summed E-state index contributed by atoms with van der Waals surface area (Å²) in [6.45, 7) is 12.0. The quantitative estimate of drug-likeness (QED) is 0.614. The van der Waals surface area contributed by atoms with Gasteiger partial charge in [0.15, 0.2) is 0 Å². The van der Waals surface area contributed by atoms with Gasteiger partial charge >= 0.3 is 0 Å². The van der Waals surface area contributed by atoms with Crippen molar-refractivity contribution in [3.63, 3.8) is 0 Å². The van der Waals surface area contributed by atoms with Crippen molar-refractivity contribution in [3.05, 3.63) is 0 Å². The summed E-state index contributed by atoms with van der Waals surface area (Å²) in [5, 5.41) is 8.64. The third kappa shape index (κ3) is 12.3. The summed E-state index contributed by atoms with van der Waals surface area (Å²) < 4.78 is 16.6. The zero-order valence-electron chi connectivity index (χ0n) is 12.6. The lowest BCUT2D eigenvalue weighted by molar-refractivity contribution is -0.0525. The van der Waals surface area contributed by atoms with Gasteiger partial charge in [-0.05, 0) is 47.5 Å². The number of hydrogen-bond acceptors (Lipinski definition) is 4. The number of aliphatic hydroxyl groups is 1. The maximum Gasteiger partial charge on any atom is 0.0707 e. The van der Waals surface area contributed by atoms with Gasteiger partial charge in [0.2, 0.25) is 0 Å². The Balaban J connectivity index is 3.45. The van der Waals surface area contributed by atoms with Crippen LogP contribution in [-0.2, 0) is 14.2 Å². The lowest BCUT2D eigenvalue weighted by atomic mass is 10.1. The van der Waals surface area contributed by atoms with Gasteiger partial charge in [-0.25, -0.2) is 0 Å². The van der Waals surface area contributed by atoms with Gasteiger partial charge in [-0.1, -0.05) is 0 Å². The van der Waals surface area contributed by atoms with Crippen LogP contribution >= 0.6 is 0 Å². The van der Waals surface area contributed by atoms with E-state index in [0.29, 0.717) is 19.8 Å². The topological polar surface area (TPSA) is 47.9 Å². The van der Waals surface area contributed by atoms with Crippen LogP contribution in [0.25, 0.3) is 0 Å². The summed E-state index contributed by atoms with van der Waals surface area (Å²) in [5.74, 6) is 0. The molecule has 0 aliphatic rings. The molecule has 0 heterocycles. The van der Waals surface area contributed by atoms with Crippen LogP contribution in [0.3, 0.4) is 0 Å². The van der Waals surface area contributed by atoms with Crippen molar-refractivity contribution in [2.24, 2.45) is 0 Å². The summed E-state index contributed by atoms with van der Waals surface area (Å²) in [5.41, 5.74) is -0.0980. The molecular weight excluding hydrogens is 232 g/mol. The predicted molar refractivity (Wildman–Crippen MR) is 72.9 cm³/mol. The molecule has 0 radical (unpaired) electrons. The number of hydrogen-bond donors (Lipinski definition) is 1. The van der Waals surface area contributed by atoms with Crippen LogP contribution in [-0.4, -0.2) is 49.3 Å². The standard InChI is InChI=1S/C14H30O4/c1-12(16-9-8-15)6-7-13(2)17-10-11-18-14(3,4)5/h12-13,15H,6-11H2,1-5H3. The molecule has 0 fully saturated rings. The zero-order valence-corrected chi connectivity index (χ0v) is 12.6. The van der Waals surface area contributed by atoms with Crippen molar-refractivity contribution in [2.75, 3.05) is 26.4 Å². The highest BCUT2D eigenvalue weighted by molar-refractivity contribution is 4.59. The van der Waals surface area contributed by atoms with Gasteiger partial charge in [0.1, 0.15) is 0 Å². The third-order valence-corrected chi connectivity index (χ3v) is 2.49. The Morgan fingerprint density at radius 1 is 0.889 bits per heavy atom. The largest absolute Gasteiger partial charge is 0.394 e. The summed E-state index contributed by atoms with van der Waals surface area (Å²) in [6.07, 6.45) is 2.30. The van der Waals surface area contributed by atoms with E-state index in [9.17, 15) is 0 Å². The Kier molecular flexibility index (Phi) is 9.64. The van der Waals surface area contributed by atoms with E-state index in [4.69, 9.17) is 19.3 Å². The second kappa shape index (κ2) is 9.73. The number of rotatable bonds is 10. The van der Waals surface area contributed by atoms with Gasteiger partial charge in [0.25, 0.3) is 0 Å². The van der Waals surface area contributed by atoms with Crippen LogP contribution in [0.4, 0.5) is 0 Å². The fourth-order valence-corrected chi connectivity index (χ4v) is 1.49. The molecule has 4 nitrogen and oxygen atoms in total. The molecule has 0 spiro atoms. The van der Waals surface area contributed by atoms with Crippen molar-refractivity contribution in [3.8, 4) is 0 Å². The van der Waals surface area contributed by atoms with Crippen LogP contribution in [0.15, 0.2) is 0 Å². The number of aliphatic hydroxyl groups excluding tert-OH is 1. The molecule has 0 aromatic heterocycles. The molecule has 18 heavy (non-hydrogen) atoms. The van der Waals surface area contributed by atoms with E-state index in [1.54, 1.807) is 0 Å². The van der Waals surface area contributed by atoms with E-state index in [2.05, 4.69) is 6.92 Å². The second-order valence-corrected chi connectivity index (χ2v) is 5.62. The summed E-state index contributed by atoms with van der Waals surface area (Å²) in [7, 11) is 0. The summed E-state index contributed by atoms with van der Waals surface area (Å²) >= 11 is 0. The minimum atomic E-state index is -0.0980. The first kappa shape index (κ1) is 17.8. The molecule has 4 heteroatoms. The Labute approximate surface area is 112 Å². The van der Waals surface area contributed by atoms with Crippen LogP contribution in [0.5, 0.6) is 0 Å². The average molecular weight is 262 g/mol. The lowest BCUT2D eigenvalue weighted by Gasteiger charge is -2.21. The van der Waals surface area contributed by atoms with E-state index in [-0.39, 0.29) is 24.4 Å². The molecular formula is C14H30O4. The zero-order chi connectivity index (χ0) is 14.0. The van der Waals surface area contributed by atoms with E-state index in [0.717, 1.165) is 12.8 Å². The third-order valence-electron chi connectivity index (χ3n) is 2.49. The molecule has 0 amide bonds. The predicted octanol–water partition coefficient (Wildman–Crippen LogP) is 2.38. The fourth-order valence-electron chi connectivity index (χ4n) is 1.49. The van der Waals surface area contributed by atoms with Gasteiger partial charge in [-0.2, -0.15) is 0 Å². The molecule has 0 bridgehead atoms. The van der Waals surface area contributed by atoms with Crippen LogP contribution in [0, 0.1) is 0 Å². The molecule has 0 saturated heterocycles. The lowest BCUT2D eigenvalue weighted by Crippen LogP contribution is -2.23. The Morgan fingerprint density at radius 2 is 1.39 bits per heavy atom. The molecule has 1 N–H and O–H groups in total. The first-order valence-corrected chi connectivity index (χ1v) is 6.83. The summed E-state index contributed by atoms with van der Waals surface area (Å²) in [6, 6.07) is 0. The van der Waals surface area contributed by atoms with Gasteiger partial charge in [0, 0.05) is 0 Å². The second-order valence-electron chi connectivity index (χ2n) is 5.62. The number of ether oxygens (including phenoxy) is 3. The van der Waals surface area contributed by atoms with E-state index in [1.807, 2.05) is 27.7 Å². The Bertz CT molecular complexity index is 189. The smallest absolute Gasteiger partial charge is 0.0707 e. The van der Waals surface area contributed by atoms with Crippen LogP contribution in [0.1, 0.15) is 47.5 Å². The van der Waals surface area contributed by atoms with Gasteiger partial charge in [-0.15, -0.1) is 0 Å². The first-order valence-electron chi connectivity index (χ1n) is 6.83. The fraction of sp³-hybridized carbons (Fsp3) is 1.00.